The van der Waals surface area contributed by atoms with Crippen molar-refractivity contribution in [2.75, 3.05) is 0 Å². The van der Waals surface area contributed by atoms with E-state index in [1.165, 1.54) is 0 Å². The Kier molecular flexibility index (Phi) is 2.10. The summed E-state index contributed by atoms with van der Waals surface area (Å²) in [6.45, 7) is 1.94. The SMILES string of the molecule is CC/C(=N/O)c1ccc[nH]1. The molecule has 1 aromatic rings. The van der Waals surface area contributed by atoms with Gasteiger partial charge in [0.1, 0.15) is 5.71 Å². The Bertz CT molecular complexity index is 214. The second kappa shape index (κ2) is 3.06. The van der Waals surface area contributed by atoms with Gasteiger partial charge in [-0.05, 0) is 18.6 Å². The molecule has 0 aromatic carbocycles. The lowest BCUT2D eigenvalue weighted by Crippen LogP contribution is -1.98. The Hall–Kier alpha value is -1.25. The zero-order valence-corrected chi connectivity index (χ0v) is 5.83. The van der Waals surface area contributed by atoms with Gasteiger partial charge in [0.15, 0.2) is 0 Å². The third kappa shape index (κ3) is 1.18. The summed E-state index contributed by atoms with van der Waals surface area (Å²) in [6, 6.07) is 3.74. The smallest absolute Gasteiger partial charge is 0.103 e. The van der Waals surface area contributed by atoms with Gasteiger partial charge in [-0.15, -0.1) is 0 Å². The van der Waals surface area contributed by atoms with Crippen molar-refractivity contribution in [3.8, 4) is 0 Å². The Morgan fingerprint density at radius 1 is 1.80 bits per heavy atom. The minimum Gasteiger partial charge on any atom is -0.411 e. The van der Waals surface area contributed by atoms with E-state index >= 15 is 0 Å². The monoisotopic (exact) mass is 138 g/mol. The van der Waals surface area contributed by atoms with Crippen molar-refractivity contribution in [2.24, 2.45) is 5.16 Å². The molecule has 0 atom stereocenters. The predicted molar refractivity (Wildman–Crippen MR) is 39.4 cm³/mol. The van der Waals surface area contributed by atoms with Crippen molar-refractivity contribution >= 4 is 5.71 Å². The highest BCUT2D eigenvalue weighted by atomic mass is 16.4. The fourth-order valence-corrected chi connectivity index (χ4v) is 0.825. The molecule has 2 N–H and O–H groups in total. The average Bonchev–Trinajstić information content (AvgIpc) is 2.43. The van der Waals surface area contributed by atoms with Gasteiger partial charge in [-0.25, -0.2) is 0 Å². The van der Waals surface area contributed by atoms with E-state index in [2.05, 4.69) is 10.1 Å². The Labute approximate surface area is 59.4 Å². The molecule has 0 fully saturated rings. The van der Waals surface area contributed by atoms with Gasteiger partial charge in [0.2, 0.25) is 0 Å². The summed E-state index contributed by atoms with van der Waals surface area (Å²) >= 11 is 0. The molecule has 0 saturated heterocycles. The first kappa shape index (κ1) is 6.86. The van der Waals surface area contributed by atoms with Crippen LogP contribution in [0.3, 0.4) is 0 Å². The molecule has 0 spiro atoms. The van der Waals surface area contributed by atoms with Crippen LogP contribution in [0.5, 0.6) is 0 Å². The van der Waals surface area contributed by atoms with Crippen LogP contribution in [0.1, 0.15) is 19.0 Å². The predicted octanol–water partition coefficient (Wildman–Crippen LogP) is 1.60. The lowest BCUT2D eigenvalue weighted by atomic mass is 10.2. The number of nitrogens with zero attached hydrogens (tertiary/aromatic N) is 1. The van der Waals surface area contributed by atoms with E-state index in [-0.39, 0.29) is 0 Å². The van der Waals surface area contributed by atoms with Crippen LogP contribution in [0.15, 0.2) is 23.5 Å². The minimum atomic E-state index is 0.685. The van der Waals surface area contributed by atoms with E-state index in [4.69, 9.17) is 5.21 Å². The first-order chi connectivity index (χ1) is 4.88. The molecule has 0 aliphatic carbocycles. The van der Waals surface area contributed by atoms with Gasteiger partial charge in [0.25, 0.3) is 0 Å². The number of hydrogen-bond donors (Lipinski definition) is 2. The van der Waals surface area contributed by atoms with E-state index in [1.54, 1.807) is 6.20 Å². The summed E-state index contributed by atoms with van der Waals surface area (Å²) in [7, 11) is 0. The van der Waals surface area contributed by atoms with E-state index in [1.807, 2.05) is 19.1 Å². The van der Waals surface area contributed by atoms with E-state index in [0.717, 1.165) is 12.1 Å². The number of rotatable bonds is 2. The van der Waals surface area contributed by atoms with Crippen molar-refractivity contribution < 1.29 is 5.21 Å². The molecule has 1 rings (SSSR count). The average molecular weight is 138 g/mol. The zero-order valence-electron chi connectivity index (χ0n) is 5.83. The summed E-state index contributed by atoms with van der Waals surface area (Å²) in [6.07, 6.45) is 2.53. The lowest BCUT2D eigenvalue weighted by Gasteiger charge is -1.94. The summed E-state index contributed by atoms with van der Waals surface area (Å²) in [5, 5.41) is 11.6. The molecule has 0 bridgehead atoms. The highest BCUT2D eigenvalue weighted by Crippen LogP contribution is 1.99. The number of H-pyrrole nitrogens is 1. The number of aromatic nitrogens is 1. The van der Waals surface area contributed by atoms with Crippen molar-refractivity contribution in [1.82, 2.24) is 4.98 Å². The Morgan fingerprint density at radius 3 is 3.00 bits per heavy atom. The maximum absolute atomic E-state index is 8.47. The topological polar surface area (TPSA) is 48.4 Å². The van der Waals surface area contributed by atoms with Crippen LogP contribution in [-0.4, -0.2) is 15.9 Å². The summed E-state index contributed by atoms with van der Waals surface area (Å²) in [5.74, 6) is 0. The van der Waals surface area contributed by atoms with Crippen molar-refractivity contribution in [3.05, 3.63) is 24.0 Å². The first-order valence-electron chi connectivity index (χ1n) is 3.23. The van der Waals surface area contributed by atoms with Crippen LogP contribution in [0.2, 0.25) is 0 Å². The van der Waals surface area contributed by atoms with Crippen LogP contribution < -0.4 is 0 Å². The van der Waals surface area contributed by atoms with Gasteiger partial charge in [-0.2, -0.15) is 0 Å². The molecule has 3 heteroatoms. The molecule has 0 saturated carbocycles. The number of oxime groups is 1. The zero-order chi connectivity index (χ0) is 7.40. The molecule has 0 radical (unpaired) electrons. The number of nitrogens with one attached hydrogen (secondary N) is 1. The Balaban J connectivity index is 2.85. The standard InChI is InChI=1S/C7H10N2O/c1-2-6(9-10)7-4-3-5-8-7/h3-5,8,10H,2H2,1H3/b9-6-. The maximum atomic E-state index is 8.47. The van der Waals surface area contributed by atoms with Crippen LogP contribution >= 0.6 is 0 Å². The lowest BCUT2D eigenvalue weighted by molar-refractivity contribution is 0.318. The highest BCUT2D eigenvalue weighted by molar-refractivity contribution is 5.98. The Morgan fingerprint density at radius 2 is 2.60 bits per heavy atom. The number of hydrogen-bond acceptors (Lipinski definition) is 2. The van der Waals surface area contributed by atoms with Gasteiger partial charge in [0.05, 0.1) is 5.69 Å². The van der Waals surface area contributed by atoms with Crippen molar-refractivity contribution in [1.29, 1.82) is 0 Å². The van der Waals surface area contributed by atoms with E-state index in [0.29, 0.717) is 5.71 Å². The molecule has 3 nitrogen and oxygen atoms in total. The molecule has 0 unspecified atom stereocenters. The molecule has 1 aromatic heterocycles. The van der Waals surface area contributed by atoms with Gasteiger partial charge in [-0.3, -0.25) is 0 Å². The first-order valence-corrected chi connectivity index (χ1v) is 3.23. The minimum absolute atomic E-state index is 0.685. The largest absolute Gasteiger partial charge is 0.411 e. The third-order valence-electron chi connectivity index (χ3n) is 1.36. The molecule has 54 valence electrons. The molecule has 0 aliphatic heterocycles. The maximum Gasteiger partial charge on any atom is 0.103 e. The van der Waals surface area contributed by atoms with E-state index in [9.17, 15) is 0 Å². The molecule has 0 amide bonds. The summed E-state index contributed by atoms with van der Waals surface area (Å²) in [5.41, 5.74) is 1.56. The molecule has 0 aliphatic rings. The molecular formula is C7H10N2O. The van der Waals surface area contributed by atoms with E-state index < -0.39 is 0 Å². The molecule has 10 heavy (non-hydrogen) atoms. The summed E-state index contributed by atoms with van der Waals surface area (Å²) < 4.78 is 0. The van der Waals surface area contributed by atoms with Crippen LogP contribution in [-0.2, 0) is 0 Å². The van der Waals surface area contributed by atoms with Crippen LogP contribution in [0, 0.1) is 0 Å². The quantitative estimate of drug-likeness (QED) is 0.364. The van der Waals surface area contributed by atoms with Crippen LogP contribution in [0.25, 0.3) is 0 Å². The second-order valence-corrected chi connectivity index (χ2v) is 1.98. The number of aromatic amines is 1. The fourth-order valence-electron chi connectivity index (χ4n) is 0.825. The van der Waals surface area contributed by atoms with Gasteiger partial charge < -0.3 is 10.2 Å². The second-order valence-electron chi connectivity index (χ2n) is 1.98. The highest BCUT2D eigenvalue weighted by Gasteiger charge is 1.99. The summed E-state index contributed by atoms with van der Waals surface area (Å²) in [4.78, 5) is 2.95. The third-order valence-corrected chi connectivity index (χ3v) is 1.36. The van der Waals surface area contributed by atoms with Gasteiger partial charge >= 0.3 is 0 Å². The molecule has 1 heterocycles. The fraction of sp³-hybridized carbons (Fsp3) is 0.286. The van der Waals surface area contributed by atoms with Gasteiger partial charge in [-0.1, -0.05) is 12.1 Å². The van der Waals surface area contributed by atoms with Crippen molar-refractivity contribution in [2.45, 2.75) is 13.3 Å². The van der Waals surface area contributed by atoms with Gasteiger partial charge in [0, 0.05) is 6.20 Å². The van der Waals surface area contributed by atoms with Crippen molar-refractivity contribution in [3.63, 3.8) is 0 Å². The normalized spacial score (nSPS) is 11.9. The molecular weight excluding hydrogens is 128 g/mol. The van der Waals surface area contributed by atoms with Crippen LogP contribution in [0.4, 0.5) is 0 Å².